The Labute approximate surface area is 630 Å². The van der Waals surface area contributed by atoms with Gasteiger partial charge in [-0.2, -0.15) is 10.2 Å². The molecule has 0 aliphatic rings. The molecule has 2 N–H and O–H groups in total. The Kier molecular flexibility index (Phi) is 31.4. The molecule has 0 atom stereocenters. The molecule has 14 nitrogen and oxygen atoms in total. The molecule has 0 amide bonds. The zero-order chi connectivity index (χ0) is 81.3. The van der Waals surface area contributed by atoms with Gasteiger partial charge in [0.1, 0.15) is 28.9 Å². The summed E-state index contributed by atoms with van der Waals surface area (Å²) in [6.45, 7) is 102. The van der Waals surface area contributed by atoms with Gasteiger partial charge >= 0.3 is 0 Å². The molecule has 0 saturated carbocycles. The lowest BCUT2D eigenvalue weighted by molar-refractivity contribution is 0.319. The first kappa shape index (κ1) is 94.8. The quantitative estimate of drug-likeness (QED) is 0.161. The first-order valence-corrected chi connectivity index (χ1v) is 37.8. The third-order valence-corrected chi connectivity index (χ3v) is 16.8. The van der Waals surface area contributed by atoms with Crippen molar-refractivity contribution in [3.63, 3.8) is 0 Å². The molecule has 0 aliphatic carbocycles. The van der Waals surface area contributed by atoms with Gasteiger partial charge in [-0.05, 0) is 98.6 Å². The van der Waals surface area contributed by atoms with Gasteiger partial charge in [-0.1, -0.05) is 294 Å². The van der Waals surface area contributed by atoms with Gasteiger partial charge in [0, 0.05) is 102 Å². The number of aromatic amines is 2. The van der Waals surface area contributed by atoms with Crippen LogP contribution in [0, 0.1) is 0 Å². The van der Waals surface area contributed by atoms with Crippen molar-refractivity contribution >= 4 is 0 Å². The molecule has 0 aromatic carbocycles. The molecule has 0 radical (unpaired) electrons. The monoisotopic (exact) mass is 1430 g/mol. The maximum absolute atomic E-state index is 5.56. The van der Waals surface area contributed by atoms with Crippen LogP contribution in [0.5, 0.6) is 0 Å². The number of nitrogens with one attached hydrogen (secondary N) is 2. The Bertz CT molecular complexity index is 2910. The second kappa shape index (κ2) is 34.2. The largest absolute Gasteiger partial charge is 0.468 e. The van der Waals surface area contributed by atoms with Crippen molar-refractivity contribution in [1.29, 1.82) is 0 Å². The summed E-state index contributed by atoms with van der Waals surface area (Å²) >= 11 is 0. The van der Waals surface area contributed by atoms with Gasteiger partial charge in [0.2, 0.25) is 0 Å². The van der Waals surface area contributed by atoms with Crippen LogP contribution in [0.15, 0.2) is 91.9 Å². The van der Waals surface area contributed by atoms with Gasteiger partial charge < -0.3 is 27.4 Å². The minimum atomic E-state index is 0.0521. The molecule has 0 saturated heterocycles. The van der Waals surface area contributed by atoms with E-state index in [-0.39, 0.29) is 81.5 Å². The normalized spacial score (nSPS) is 13.3. The summed E-state index contributed by atoms with van der Waals surface area (Å²) in [7, 11) is 0. The molecule has 8 heterocycles. The van der Waals surface area contributed by atoms with E-state index in [0.717, 1.165) is 51.6 Å². The summed E-state index contributed by atoms with van der Waals surface area (Å²) in [5.74, 6) is 5.66. The van der Waals surface area contributed by atoms with Gasteiger partial charge in [0.25, 0.3) is 0 Å². The lowest BCUT2D eigenvalue weighted by atomic mass is 9.86. The standard InChI is InChI=1S/2C12H20O.3C11H20N2.2C11H19NO.C10H18N2/c2*1-11(2,3)9-7-10(13-8-9)12(4,5)6;1-10(2,3)9-7-13(8-12-9)11(4,5)6;1-10(2,3)9-7-12-13(8-9)11(4,5)6;3*1-10(2,3)8-7-9(13-12-8)11(4,5)6;1-7(2)8-6-11-9(12-8)10(3,4)5/h4*7-8H,1-6H3;7H,1-6H3,(H,12,13);2*7H,1-6H3;6-7H,1-5H3,(H,11,12). The fourth-order valence-electron chi connectivity index (χ4n) is 8.46. The molecule has 0 fully saturated rings. The van der Waals surface area contributed by atoms with Crippen molar-refractivity contribution in [2.45, 2.75) is 413 Å². The van der Waals surface area contributed by atoms with Crippen molar-refractivity contribution in [2.75, 3.05) is 0 Å². The summed E-state index contributed by atoms with van der Waals surface area (Å²) in [6.07, 6.45) is 13.8. The molecule has 0 unspecified atom stereocenters. The van der Waals surface area contributed by atoms with E-state index in [1.165, 1.54) is 28.1 Å². The lowest BCUT2D eigenvalue weighted by Crippen LogP contribution is -2.22. The molecular formula is C89H156N10O4. The number of aromatic nitrogens is 10. The second-order valence-corrected chi connectivity index (χ2v) is 44.0. The SMILES string of the molecule is CC(C)(C)c1cc(C(C)(C)C)[nH]n1.CC(C)(C)c1cc(C(C)(C)C)on1.CC(C)(C)c1cc(C(C)(C)C)on1.CC(C)(C)c1cn(C(C)(C)C)cn1.CC(C)(C)c1cnn(C(C)(C)C)c1.CC(C)(C)c1coc(C(C)(C)C)c1.CC(C)(C)c1coc(C(C)(C)C)c1.CC(C)c1cnc(C(C)(C)C)[nH]1. The van der Waals surface area contributed by atoms with Crippen LogP contribution in [0.2, 0.25) is 0 Å². The zero-order valence-corrected chi connectivity index (χ0v) is 75.2. The number of furan rings is 2. The number of nitrogens with zero attached hydrogens (tertiary/aromatic N) is 8. The summed E-state index contributed by atoms with van der Waals surface area (Å²) < 4.78 is 25.9. The Morgan fingerprint density at radius 1 is 0.340 bits per heavy atom. The number of imidazole rings is 2. The van der Waals surface area contributed by atoms with E-state index < -0.39 is 0 Å². The average molecular weight is 1430 g/mol. The Hall–Kier alpha value is -6.18. The van der Waals surface area contributed by atoms with Gasteiger partial charge in [-0.25, -0.2) is 9.97 Å². The zero-order valence-electron chi connectivity index (χ0n) is 75.2. The van der Waals surface area contributed by atoms with Crippen molar-refractivity contribution in [3.8, 4) is 0 Å². The predicted molar refractivity (Wildman–Crippen MR) is 439 cm³/mol. The Morgan fingerprint density at radius 2 is 0.709 bits per heavy atom. The summed E-state index contributed by atoms with van der Waals surface area (Å²) in [6, 6.07) is 10.6. The third kappa shape index (κ3) is 33.0. The van der Waals surface area contributed by atoms with Gasteiger partial charge in [-0.15, -0.1) is 0 Å². The van der Waals surface area contributed by atoms with Crippen molar-refractivity contribution < 1.29 is 17.9 Å². The molecule has 8 aromatic heterocycles. The fraction of sp³-hybridized carbons (Fsp3) is 0.708. The lowest BCUT2D eigenvalue weighted by Gasteiger charge is -2.20. The smallest absolute Gasteiger partial charge is 0.142 e. The second-order valence-electron chi connectivity index (χ2n) is 44.0. The molecule has 0 spiro atoms. The maximum Gasteiger partial charge on any atom is 0.142 e. The topological polar surface area (TPSA) is 171 Å². The van der Waals surface area contributed by atoms with Crippen LogP contribution in [0.1, 0.15) is 411 Å². The Morgan fingerprint density at radius 3 is 0.883 bits per heavy atom. The highest BCUT2D eigenvalue weighted by Crippen LogP contribution is 2.35. The number of hydrogen-bond acceptors (Lipinski definition) is 10. The van der Waals surface area contributed by atoms with Crippen LogP contribution in [0.4, 0.5) is 0 Å². The molecule has 14 heteroatoms. The van der Waals surface area contributed by atoms with Gasteiger partial charge in [0.15, 0.2) is 0 Å². The van der Waals surface area contributed by atoms with Crippen molar-refractivity contribution in [3.05, 3.63) is 154 Å². The van der Waals surface area contributed by atoms with Crippen molar-refractivity contribution in [2.24, 2.45) is 0 Å². The molecule has 8 rings (SSSR count). The first-order chi connectivity index (χ1) is 45.4. The number of rotatable bonds is 1. The maximum atomic E-state index is 5.56. The molecule has 586 valence electrons. The van der Waals surface area contributed by atoms with E-state index in [9.17, 15) is 0 Å². The van der Waals surface area contributed by atoms with E-state index in [0.29, 0.717) is 5.92 Å². The third-order valence-electron chi connectivity index (χ3n) is 16.8. The van der Waals surface area contributed by atoms with E-state index in [4.69, 9.17) is 17.9 Å². The molecular weight excluding hydrogens is 1270 g/mol. The number of hydrogen-bond donors (Lipinski definition) is 2. The minimum Gasteiger partial charge on any atom is -0.468 e. The number of H-pyrrole nitrogens is 2. The predicted octanol–water partition coefficient (Wildman–Crippen LogP) is 26.0. The fourth-order valence-corrected chi connectivity index (χ4v) is 8.46. The van der Waals surface area contributed by atoms with Crippen molar-refractivity contribution in [1.82, 2.24) is 49.8 Å². The van der Waals surface area contributed by atoms with Crippen LogP contribution in [0.25, 0.3) is 0 Å². The van der Waals surface area contributed by atoms with Crippen LogP contribution in [0.3, 0.4) is 0 Å². The molecule has 0 aliphatic heterocycles. The highest BCUT2D eigenvalue weighted by Gasteiger charge is 2.30. The van der Waals surface area contributed by atoms with Crippen LogP contribution in [-0.4, -0.2) is 49.8 Å². The summed E-state index contributed by atoms with van der Waals surface area (Å²) in [5.41, 5.74) is 12.5. The average Bonchev–Trinajstić information content (AvgIpc) is 1.74. The van der Waals surface area contributed by atoms with Gasteiger partial charge in [-0.3, -0.25) is 9.78 Å². The van der Waals surface area contributed by atoms with Crippen LogP contribution < -0.4 is 0 Å². The molecule has 0 bridgehead atoms. The van der Waals surface area contributed by atoms with E-state index >= 15 is 0 Å². The van der Waals surface area contributed by atoms with E-state index in [1.54, 1.807) is 0 Å². The molecule has 103 heavy (non-hydrogen) atoms. The summed E-state index contributed by atoms with van der Waals surface area (Å²) in [5, 5.41) is 20.0. The van der Waals surface area contributed by atoms with E-state index in [2.05, 4.69) is 413 Å². The van der Waals surface area contributed by atoms with Crippen LogP contribution >= 0.6 is 0 Å². The first-order valence-electron chi connectivity index (χ1n) is 37.8. The van der Waals surface area contributed by atoms with Crippen LogP contribution in [-0.2, 0) is 81.5 Å². The van der Waals surface area contributed by atoms with Gasteiger partial charge in [0.05, 0.1) is 53.4 Å². The minimum absolute atomic E-state index is 0.0521. The highest BCUT2D eigenvalue weighted by molar-refractivity contribution is 5.27. The summed E-state index contributed by atoms with van der Waals surface area (Å²) in [4.78, 5) is 12.1. The highest BCUT2D eigenvalue weighted by atomic mass is 16.5. The Balaban J connectivity index is 0.000000589. The molecule has 8 aromatic rings. The van der Waals surface area contributed by atoms with E-state index in [1.807, 2.05) is 35.9 Å².